The van der Waals surface area contributed by atoms with Crippen molar-refractivity contribution in [3.8, 4) is 0 Å². The van der Waals surface area contributed by atoms with Crippen LogP contribution in [0, 0.1) is 0 Å². The van der Waals surface area contributed by atoms with E-state index in [4.69, 9.17) is 0 Å². The van der Waals surface area contributed by atoms with Crippen LogP contribution < -0.4 is 10.6 Å². The number of halogens is 3. The molecule has 3 aromatic rings. The van der Waals surface area contributed by atoms with Gasteiger partial charge >= 0.3 is 6.18 Å². The van der Waals surface area contributed by atoms with Gasteiger partial charge in [-0.3, -0.25) is 9.59 Å². The number of benzene rings is 3. The molecule has 0 aromatic heterocycles. The summed E-state index contributed by atoms with van der Waals surface area (Å²) in [7, 11) is 1.69. The Morgan fingerprint density at radius 3 is 2.28 bits per heavy atom. The van der Waals surface area contributed by atoms with Crippen molar-refractivity contribution in [2.24, 2.45) is 0 Å². The maximum Gasteiger partial charge on any atom is 0.416 e. The lowest BCUT2D eigenvalue weighted by molar-refractivity contribution is -0.137. The number of hydrogen-bond acceptors (Lipinski definition) is 3. The fraction of sp³-hybridized carbons (Fsp3) is 0.167. The Balaban J connectivity index is 1.58. The summed E-state index contributed by atoms with van der Waals surface area (Å²) in [5, 5.41) is 5.32. The van der Waals surface area contributed by atoms with Gasteiger partial charge in [0.25, 0.3) is 5.91 Å². The van der Waals surface area contributed by atoms with E-state index in [1.165, 1.54) is 12.1 Å². The molecule has 8 heteroatoms. The molecule has 0 aliphatic carbocycles. The van der Waals surface area contributed by atoms with Gasteiger partial charge in [-0.25, -0.2) is 0 Å². The molecule has 166 valence electrons. The molecule has 0 radical (unpaired) electrons. The van der Waals surface area contributed by atoms with Gasteiger partial charge in [0.1, 0.15) is 0 Å². The average Bonchev–Trinajstić information content (AvgIpc) is 2.77. The summed E-state index contributed by atoms with van der Waals surface area (Å²) in [5.41, 5.74) is 1.20. The maximum absolute atomic E-state index is 12.8. The van der Waals surface area contributed by atoms with Crippen molar-refractivity contribution in [2.45, 2.75) is 12.7 Å². The molecule has 0 saturated carbocycles. The van der Waals surface area contributed by atoms with E-state index in [0.29, 0.717) is 17.8 Å². The molecule has 0 bridgehead atoms. The SMILES string of the molecule is CN(Cc1ccccc1)C(=O)c1cccc(NC(=O)CNc2cccc(C(F)(F)F)c2)c1. The van der Waals surface area contributed by atoms with E-state index in [1.54, 1.807) is 36.2 Å². The van der Waals surface area contributed by atoms with E-state index < -0.39 is 17.6 Å². The highest BCUT2D eigenvalue weighted by atomic mass is 19.4. The quantitative estimate of drug-likeness (QED) is 0.541. The molecule has 0 atom stereocenters. The molecule has 3 aromatic carbocycles. The Hall–Kier alpha value is -3.81. The molecular formula is C24H22F3N3O2. The predicted octanol–water partition coefficient (Wildman–Crippen LogP) is 5.03. The first kappa shape index (κ1) is 22.9. The van der Waals surface area contributed by atoms with Crippen molar-refractivity contribution in [3.63, 3.8) is 0 Å². The number of rotatable bonds is 7. The molecule has 0 saturated heterocycles. The maximum atomic E-state index is 12.8. The monoisotopic (exact) mass is 441 g/mol. The molecule has 2 amide bonds. The molecule has 0 fully saturated rings. The van der Waals surface area contributed by atoms with Crippen LogP contribution in [0.3, 0.4) is 0 Å². The first-order chi connectivity index (χ1) is 15.2. The summed E-state index contributed by atoms with van der Waals surface area (Å²) in [6.07, 6.45) is -4.46. The number of carbonyl (C=O) groups excluding carboxylic acids is 2. The Bertz CT molecular complexity index is 1090. The van der Waals surface area contributed by atoms with Gasteiger partial charge in [0.2, 0.25) is 5.91 Å². The van der Waals surface area contributed by atoms with Crippen LogP contribution in [-0.2, 0) is 17.5 Å². The van der Waals surface area contributed by atoms with Crippen LogP contribution >= 0.6 is 0 Å². The number of nitrogens with one attached hydrogen (secondary N) is 2. The van der Waals surface area contributed by atoms with Gasteiger partial charge in [-0.15, -0.1) is 0 Å². The second-order valence-corrected chi connectivity index (χ2v) is 7.21. The van der Waals surface area contributed by atoms with Gasteiger partial charge in [-0.2, -0.15) is 13.2 Å². The number of amides is 2. The van der Waals surface area contributed by atoms with Crippen LogP contribution in [-0.4, -0.2) is 30.3 Å². The first-order valence-corrected chi connectivity index (χ1v) is 9.83. The molecule has 0 aliphatic rings. The van der Waals surface area contributed by atoms with E-state index >= 15 is 0 Å². The Morgan fingerprint density at radius 2 is 1.56 bits per heavy atom. The topological polar surface area (TPSA) is 61.4 Å². The van der Waals surface area contributed by atoms with Crippen molar-refractivity contribution in [3.05, 3.63) is 95.6 Å². The van der Waals surface area contributed by atoms with Crippen LogP contribution in [0.5, 0.6) is 0 Å². The number of nitrogens with zero attached hydrogens (tertiary/aromatic N) is 1. The largest absolute Gasteiger partial charge is 0.416 e. The van der Waals surface area contributed by atoms with E-state index in [9.17, 15) is 22.8 Å². The standard InChI is InChI=1S/C24H22F3N3O2/c1-30(16-17-7-3-2-4-8-17)23(32)18-9-5-12-21(13-18)29-22(31)15-28-20-11-6-10-19(14-20)24(25,26)27/h2-14,28H,15-16H2,1H3,(H,29,31). The van der Waals surface area contributed by atoms with Crippen LogP contribution in [0.25, 0.3) is 0 Å². The number of hydrogen-bond donors (Lipinski definition) is 2. The number of alkyl halides is 3. The summed E-state index contributed by atoms with van der Waals surface area (Å²) in [5.74, 6) is -0.656. The number of anilines is 2. The molecule has 0 aliphatic heterocycles. The summed E-state index contributed by atoms with van der Waals surface area (Å²) < 4.78 is 38.4. The lowest BCUT2D eigenvalue weighted by Gasteiger charge is -2.18. The van der Waals surface area contributed by atoms with Gasteiger partial charge in [-0.05, 0) is 42.0 Å². The van der Waals surface area contributed by atoms with E-state index in [-0.39, 0.29) is 18.1 Å². The third kappa shape index (κ3) is 6.34. The summed E-state index contributed by atoms with van der Waals surface area (Å²) in [4.78, 5) is 26.5. The Morgan fingerprint density at radius 1 is 0.875 bits per heavy atom. The highest BCUT2D eigenvalue weighted by Gasteiger charge is 2.30. The zero-order valence-electron chi connectivity index (χ0n) is 17.3. The van der Waals surface area contributed by atoms with Crippen molar-refractivity contribution < 1.29 is 22.8 Å². The smallest absolute Gasteiger partial charge is 0.376 e. The predicted molar refractivity (Wildman–Crippen MR) is 117 cm³/mol. The minimum Gasteiger partial charge on any atom is -0.376 e. The Labute approximate surface area is 183 Å². The molecule has 0 spiro atoms. The molecule has 0 heterocycles. The summed E-state index contributed by atoms with van der Waals surface area (Å²) in [6.45, 7) is 0.213. The summed E-state index contributed by atoms with van der Waals surface area (Å²) >= 11 is 0. The molecule has 0 unspecified atom stereocenters. The highest BCUT2D eigenvalue weighted by molar-refractivity contribution is 5.98. The third-order valence-corrected chi connectivity index (χ3v) is 4.65. The molecule has 5 nitrogen and oxygen atoms in total. The molecule has 2 N–H and O–H groups in total. The lowest BCUT2D eigenvalue weighted by Crippen LogP contribution is -2.26. The third-order valence-electron chi connectivity index (χ3n) is 4.65. The van der Waals surface area contributed by atoms with E-state index in [2.05, 4.69) is 10.6 Å². The fourth-order valence-electron chi connectivity index (χ4n) is 3.07. The average molecular weight is 441 g/mol. The first-order valence-electron chi connectivity index (χ1n) is 9.83. The Kier molecular flexibility index (Phi) is 7.14. The van der Waals surface area contributed by atoms with Gasteiger partial charge < -0.3 is 15.5 Å². The lowest BCUT2D eigenvalue weighted by atomic mass is 10.1. The normalized spacial score (nSPS) is 11.0. The van der Waals surface area contributed by atoms with Gasteiger partial charge in [0, 0.05) is 30.5 Å². The van der Waals surface area contributed by atoms with Crippen LogP contribution in [0.4, 0.5) is 24.5 Å². The number of carbonyl (C=O) groups is 2. The second-order valence-electron chi connectivity index (χ2n) is 7.21. The van der Waals surface area contributed by atoms with Gasteiger partial charge in [0.15, 0.2) is 0 Å². The van der Waals surface area contributed by atoms with Crippen molar-refractivity contribution in [1.29, 1.82) is 0 Å². The molecule has 32 heavy (non-hydrogen) atoms. The van der Waals surface area contributed by atoms with Gasteiger partial charge in [0.05, 0.1) is 12.1 Å². The molecular weight excluding hydrogens is 419 g/mol. The van der Waals surface area contributed by atoms with Crippen molar-refractivity contribution in [2.75, 3.05) is 24.2 Å². The molecule has 3 rings (SSSR count). The zero-order valence-corrected chi connectivity index (χ0v) is 17.3. The van der Waals surface area contributed by atoms with Crippen LogP contribution in [0.1, 0.15) is 21.5 Å². The van der Waals surface area contributed by atoms with Crippen molar-refractivity contribution in [1.82, 2.24) is 4.90 Å². The van der Waals surface area contributed by atoms with Crippen LogP contribution in [0.15, 0.2) is 78.9 Å². The van der Waals surface area contributed by atoms with Crippen LogP contribution in [0.2, 0.25) is 0 Å². The fourth-order valence-corrected chi connectivity index (χ4v) is 3.07. The van der Waals surface area contributed by atoms with Crippen molar-refractivity contribution >= 4 is 23.2 Å². The minimum atomic E-state index is -4.46. The van der Waals surface area contributed by atoms with Gasteiger partial charge in [-0.1, -0.05) is 42.5 Å². The second kappa shape index (κ2) is 10.00. The highest BCUT2D eigenvalue weighted by Crippen LogP contribution is 2.30. The zero-order chi connectivity index (χ0) is 23.1. The minimum absolute atomic E-state index is 0.182. The van der Waals surface area contributed by atoms with E-state index in [1.807, 2.05) is 30.3 Å². The summed E-state index contributed by atoms with van der Waals surface area (Å²) in [6, 6.07) is 20.7. The van der Waals surface area contributed by atoms with E-state index in [0.717, 1.165) is 17.7 Å².